The van der Waals surface area contributed by atoms with Crippen LogP contribution >= 0.6 is 11.3 Å². The summed E-state index contributed by atoms with van der Waals surface area (Å²) in [6.45, 7) is 0.320. The number of hydrogen-bond acceptors (Lipinski definition) is 3. The highest BCUT2D eigenvalue weighted by Gasteiger charge is 2.05. The molecule has 0 aliphatic rings. The summed E-state index contributed by atoms with van der Waals surface area (Å²) in [5.41, 5.74) is 0. The minimum absolute atomic E-state index is 0.246. The first kappa shape index (κ1) is 12.0. The summed E-state index contributed by atoms with van der Waals surface area (Å²) < 4.78 is 19.8. The van der Waals surface area contributed by atoms with Crippen LogP contribution in [-0.2, 0) is 6.61 Å². The zero-order valence-corrected chi connectivity index (χ0v) is 10.8. The van der Waals surface area contributed by atoms with Crippen LogP contribution in [0.15, 0.2) is 48.5 Å². The fourth-order valence-corrected chi connectivity index (χ4v) is 2.87. The van der Waals surface area contributed by atoms with Crippen molar-refractivity contribution in [2.45, 2.75) is 6.61 Å². The van der Waals surface area contributed by atoms with E-state index in [4.69, 9.17) is 4.74 Å². The molecule has 2 nitrogen and oxygen atoms in total. The van der Waals surface area contributed by atoms with Gasteiger partial charge in [0.15, 0.2) is 11.6 Å². The second-order valence-electron chi connectivity index (χ2n) is 4.15. The number of ether oxygens (including phenoxy) is 1. The topological polar surface area (TPSA) is 29.5 Å². The lowest BCUT2D eigenvalue weighted by Gasteiger charge is -2.04. The van der Waals surface area contributed by atoms with Crippen molar-refractivity contribution in [1.29, 1.82) is 0 Å². The third kappa shape index (κ3) is 2.53. The van der Waals surface area contributed by atoms with Gasteiger partial charge < -0.3 is 9.84 Å². The van der Waals surface area contributed by atoms with E-state index >= 15 is 0 Å². The molecule has 0 atom stereocenters. The molecule has 3 aromatic rings. The summed E-state index contributed by atoms with van der Waals surface area (Å²) in [5, 5.41) is 10.5. The zero-order valence-electron chi connectivity index (χ0n) is 9.97. The lowest BCUT2D eigenvalue weighted by molar-refractivity contribution is 0.293. The van der Waals surface area contributed by atoms with E-state index in [1.165, 1.54) is 17.4 Å². The third-order valence-electron chi connectivity index (χ3n) is 2.76. The van der Waals surface area contributed by atoms with Gasteiger partial charge in [0, 0.05) is 9.58 Å². The van der Waals surface area contributed by atoms with E-state index in [0.717, 1.165) is 15.0 Å². The molecule has 1 aromatic heterocycles. The van der Waals surface area contributed by atoms with E-state index in [-0.39, 0.29) is 17.3 Å². The largest absolute Gasteiger partial charge is 0.508 e. The molecule has 0 radical (unpaired) electrons. The Hall–Kier alpha value is -2.07. The first-order chi connectivity index (χ1) is 9.22. The lowest BCUT2D eigenvalue weighted by Crippen LogP contribution is -1.94. The number of para-hydroxylation sites is 1. The maximum absolute atomic E-state index is 13.4. The molecular formula is C15H11FO2S. The van der Waals surface area contributed by atoms with Crippen LogP contribution in [0.4, 0.5) is 4.39 Å². The number of phenols is 1. The van der Waals surface area contributed by atoms with Crippen molar-refractivity contribution in [3.05, 3.63) is 59.2 Å². The molecule has 2 aromatic carbocycles. The summed E-state index contributed by atoms with van der Waals surface area (Å²) in [6.07, 6.45) is 0. The van der Waals surface area contributed by atoms with Gasteiger partial charge in [-0.1, -0.05) is 12.1 Å². The van der Waals surface area contributed by atoms with Crippen molar-refractivity contribution >= 4 is 21.4 Å². The molecule has 96 valence electrons. The lowest BCUT2D eigenvalue weighted by atomic mass is 10.2. The predicted octanol–water partition coefficient (Wildman–Crippen LogP) is 4.33. The summed E-state index contributed by atoms with van der Waals surface area (Å²) >= 11 is 1.53. The highest BCUT2D eigenvalue weighted by atomic mass is 32.1. The number of halogens is 1. The predicted molar refractivity (Wildman–Crippen MR) is 74.2 cm³/mol. The number of thiophene rings is 1. The first-order valence-corrected chi connectivity index (χ1v) is 6.63. The second kappa shape index (κ2) is 4.90. The van der Waals surface area contributed by atoms with Crippen molar-refractivity contribution in [3.63, 3.8) is 0 Å². The molecule has 1 heterocycles. The summed E-state index contributed by atoms with van der Waals surface area (Å²) in [4.78, 5) is 0.990. The van der Waals surface area contributed by atoms with Gasteiger partial charge in [-0.2, -0.15) is 0 Å². The van der Waals surface area contributed by atoms with Crippen molar-refractivity contribution in [2.24, 2.45) is 0 Å². The second-order valence-corrected chi connectivity index (χ2v) is 5.32. The van der Waals surface area contributed by atoms with Crippen LogP contribution < -0.4 is 4.74 Å². The highest BCUT2D eigenvalue weighted by Crippen LogP contribution is 2.29. The Bertz CT molecular complexity index is 721. The van der Waals surface area contributed by atoms with Gasteiger partial charge >= 0.3 is 0 Å². The van der Waals surface area contributed by atoms with Crippen molar-refractivity contribution in [2.75, 3.05) is 0 Å². The standard InChI is InChI=1S/C15H11FO2S/c16-13-3-1-2-4-14(13)18-9-12-7-10-5-6-11(17)8-15(10)19-12/h1-8,17H,9H2. The minimum Gasteiger partial charge on any atom is -0.508 e. The molecule has 19 heavy (non-hydrogen) atoms. The maximum atomic E-state index is 13.4. The average molecular weight is 274 g/mol. The van der Waals surface area contributed by atoms with Gasteiger partial charge in [-0.3, -0.25) is 0 Å². The Balaban J connectivity index is 1.80. The van der Waals surface area contributed by atoms with E-state index in [9.17, 15) is 9.50 Å². The summed E-state index contributed by atoms with van der Waals surface area (Å²) in [5.74, 6) is 0.139. The first-order valence-electron chi connectivity index (χ1n) is 5.81. The van der Waals surface area contributed by atoms with E-state index in [2.05, 4.69) is 0 Å². The van der Waals surface area contributed by atoms with Gasteiger partial charge in [0.1, 0.15) is 12.4 Å². The Labute approximate surface area is 113 Å². The van der Waals surface area contributed by atoms with E-state index in [1.54, 1.807) is 30.3 Å². The summed E-state index contributed by atoms with van der Waals surface area (Å²) in [7, 11) is 0. The molecule has 0 aliphatic carbocycles. The molecule has 1 N–H and O–H groups in total. The molecule has 0 unspecified atom stereocenters. The molecular weight excluding hydrogens is 263 g/mol. The van der Waals surface area contributed by atoms with Crippen molar-refractivity contribution < 1.29 is 14.2 Å². The van der Waals surface area contributed by atoms with Crippen LogP contribution in [0.3, 0.4) is 0 Å². The molecule has 0 bridgehead atoms. The van der Waals surface area contributed by atoms with Crippen LogP contribution in [0.25, 0.3) is 10.1 Å². The van der Waals surface area contributed by atoms with E-state index < -0.39 is 0 Å². The normalized spacial score (nSPS) is 10.8. The highest BCUT2D eigenvalue weighted by molar-refractivity contribution is 7.19. The maximum Gasteiger partial charge on any atom is 0.165 e. The summed E-state index contributed by atoms with van der Waals surface area (Å²) in [6, 6.07) is 13.6. The van der Waals surface area contributed by atoms with Gasteiger partial charge in [0.25, 0.3) is 0 Å². The smallest absolute Gasteiger partial charge is 0.165 e. The number of hydrogen-bond donors (Lipinski definition) is 1. The van der Waals surface area contributed by atoms with Gasteiger partial charge in [-0.15, -0.1) is 11.3 Å². The third-order valence-corrected chi connectivity index (χ3v) is 3.83. The van der Waals surface area contributed by atoms with E-state index in [1.807, 2.05) is 12.1 Å². The number of aromatic hydroxyl groups is 1. The fraction of sp³-hybridized carbons (Fsp3) is 0.0667. The van der Waals surface area contributed by atoms with Gasteiger partial charge in [-0.25, -0.2) is 4.39 Å². The molecule has 0 saturated carbocycles. The number of rotatable bonds is 3. The molecule has 0 aliphatic heterocycles. The number of benzene rings is 2. The SMILES string of the molecule is Oc1ccc2cc(COc3ccccc3F)sc2c1. The molecule has 0 amide bonds. The van der Waals surface area contributed by atoms with Crippen LogP contribution in [0, 0.1) is 5.82 Å². The van der Waals surface area contributed by atoms with Crippen LogP contribution in [0.5, 0.6) is 11.5 Å². The Morgan fingerprint density at radius 3 is 2.79 bits per heavy atom. The van der Waals surface area contributed by atoms with Crippen LogP contribution in [0.2, 0.25) is 0 Å². The average Bonchev–Trinajstić information content (AvgIpc) is 2.79. The van der Waals surface area contributed by atoms with Crippen molar-refractivity contribution in [3.8, 4) is 11.5 Å². The van der Waals surface area contributed by atoms with Gasteiger partial charge in [-0.05, 0) is 41.8 Å². The Kier molecular flexibility index (Phi) is 3.09. The number of phenolic OH excluding ortho intramolecular Hbond substituents is 1. The van der Waals surface area contributed by atoms with Crippen LogP contribution in [0.1, 0.15) is 4.88 Å². The monoisotopic (exact) mass is 274 g/mol. The van der Waals surface area contributed by atoms with E-state index in [0.29, 0.717) is 6.61 Å². The van der Waals surface area contributed by atoms with Crippen LogP contribution in [-0.4, -0.2) is 5.11 Å². The Morgan fingerprint density at radius 2 is 1.95 bits per heavy atom. The molecule has 0 saturated heterocycles. The zero-order chi connectivity index (χ0) is 13.2. The van der Waals surface area contributed by atoms with Crippen molar-refractivity contribution in [1.82, 2.24) is 0 Å². The quantitative estimate of drug-likeness (QED) is 0.770. The van der Waals surface area contributed by atoms with Gasteiger partial charge in [0.05, 0.1) is 0 Å². The Morgan fingerprint density at radius 1 is 1.11 bits per heavy atom. The molecule has 4 heteroatoms. The molecule has 0 spiro atoms. The number of fused-ring (bicyclic) bond motifs is 1. The fourth-order valence-electron chi connectivity index (χ4n) is 1.86. The molecule has 0 fully saturated rings. The molecule has 3 rings (SSSR count). The minimum atomic E-state index is -0.360. The van der Waals surface area contributed by atoms with Gasteiger partial charge in [0.2, 0.25) is 0 Å².